The molecule has 0 saturated carbocycles. The van der Waals surface area contributed by atoms with E-state index < -0.39 is 5.97 Å². The smallest absolute Gasteiger partial charge is 0.335 e. The van der Waals surface area contributed by atoms with E-state index in [4.69, 9.17) is 10.5 Å². The molecular weight excluding hydrogens is 230 g/mol. The molecule has 0 aliphatic heterocycles. The number of benzene rings is 1. The standard InChI is InChI=1S/C10H13N3O2.ClH/c1-13(2)10(11)12-8-5-3-7(4-6-8)9(14)15;/h3-6H,1-2H3,(H2,11,12)(H,14,15);1H. The molecule has 0 unspecified atom stereocenters. The Morgan fingerprint density at radius 3 is 2.19 bits per heavy atom. The van der Waals surface area contributed by atoms with Crippen LogP contribution >= 0.6 is 12.4 Å². The van der Waals surface area contributed by atoms with Gasteiger partial charge in [-0.25, -0.2) is 4.79 Å². The zero-order valence-electron chi connectivity index (χ0n) is 9.02. The van der Waals surface area contributed by atoms with E-state index in [0.29, 0.717) is 5.69 Å². The van der Waals surface area contributed by atoms with E-state index in [1.54, 1.807) is 31.1 Å². The average Bonchev–Trinajstić information content (AvgIpc) is 2.18. The van der Waals surface area contributed by atoms with Crippen molar-refractivity contribution in [1.82, 2.24) is 4.90 Å². The first-order valence-electron chi connectivity index (χ1n) is 4.37. The number of hydrogen-bond acceptors (Lipinski definition) is 2. The van der Waals surface area contributed by atoms with Gasteiger partial charge in [-0.15, -0.1) is 12.4 Å². The fraction of sp³-hybridized carbons (Fsp3) is 0.200. The highest BCUT2D eigenvalue weighted by atomic mass is 35.5. The van der Waals surface area contributed by atoms with E-state index in [2.05, 4.69) is 5.32 Å². The minimum atomic E-state index is -0.954. The summed E-state index contributed by atoms with van der Waals surface area (Å²) in [5.41, 5.74) is 0.927. The van der Waals surface area contributed by atoms with Gasteiger partial charge >= 0.3 is 5.97 Å². The van der Waals surface area contributed by atoms with Crippen LogP contribution < -0.4 is 5.32 Å². The van der Waals surface area contributed by atoms with Crippen molar-refractivity contribution >= 4 is 30.0 Å². The third-order valence-electron chi connectivity index (χ3n) is 1.84. The largest absolute Gasteiger partial charge is 0.478 e. The number of nitrogens with one attached hydrogen (secondary N) is 2. The van der Waals surface area contributed by atoms with Gasteiger partial charge in [0.15, 0.2) is 5.96 Å². The third kappa shape index (κ3) is 3.78. The zero-order valence-corrected chi connectivity index (χ0v) is 9.84. The number of carboxylic acid groups (broad SMARTS) is 1. The molecular formula is C10H14ClN3O2. The Bertz CT molecular complexity index is 376. The third-order valence-corrected chi connectivity index (χ3v) is 1.84. The van der Waals surface area contributed by atoms with Gasteiger partial charge in [0.1, 0.15) is 0 Å². The molecule has 0 spiro atoms. The second kappa shape index (κ2) is 5.97. The van der Waals surface area contributed by atoms with Gasteiger partial charge in [0.05, 0.1) is 5.56 Å². The molecule has 0 amide bonds. The van der Waals surface area contributed by atoms with Crippen LogP contribution in [0.1, 0.15) is 10.4 Å². The molecule has 0 fully saturated rings. The van der Waals surface area contributed by atoms with Crippen molar-refractivity contribution in [2.24, 2.45) is 0 Å². The number of aromatic carboxylic acids is 1. The summed E-state index contributed by atoms with van der Waals surface area (Å²) in [7, 11) is 3.50. The maximum absolute atomic E-state index is 10.6. The summed E-state index contributed by atoms with van der Waals surface area (Å²) in [6.07, 6.45) is 0. The Labute approximate surface area is 100.0 Å². The first-order chi connectivity index (χ1) is 7.00. The lowest BCUT2D eigenvalue weighted by Gasteiger charge is -2.15. The second-order valence-corrected chi connectivity index (χ2v) is 3.25. The molecule has 0 heterocycles. The van der Waals surface area contributed by atoms with E-state index >= 15 is 0 Å². The van der Waals surface area contributed by atoms with Crippen LogP contribution in [0.2, 0.25) is 0 Å². The average molecular weight is 244 g/mol. The summed E-state index contributed by atoms with van der Waals surface area (Å²) >= 11 is 0. The maximum Gasteiger partial charge on any atom is 0.335 e. The quantitative estimate of drug-likeness (QED) is 0.546. The van der Waals surface area contributed by atoms with Gasteiger partial charge in [0, 0.05) is 19.8 Å². The van der Waals surface area contributed by atoms with Crippen molar-refractivity contribution < 1.29 is 9.90 Å². The van der Waals surface area contributed by atoms with Gasteiger partial charge in [-0.05, 0) is 24.3 Å². The van der Waals surface area contributed by atoms with Crippen molar-refractivity contribution in [3.05, 3.63) is 29.8 Å². The normalized spacial score (nSPS) is 8.88. The first-order valence-corrected chi connectivity index (χ1v) is 4.37. The summed E-state index contributed by atoms with van der Waals surface area (Å²) in [6, 6.07) is 6.24. The number of halogens is 1. The highest BCUT2D eigenvalue weighted by Gasteiger charge is 2.03. The molecule has 0 atom stereocenters. The van der Waals surface area contributed by atoms with E-state index in [1.807, 2.05) is 0 Å². The van der Waals surface area contributed by atoms with Crippen molar-refractivity contribution in [1.29, 1.82) is 5.41 Å². The van der Waals surface area contributed by atoms with E-state index in [-0.39, 0.29) is 23.9 Å². The van der Waals surface area contributed by atoms with Crippen LogP contribution in [0.4, 0.5) is 5.69 Å². The van der Waals surface area contributed by atoms with Crippen LogP contribution in [-0.4, -0.2) is 36.0 Å². The minimum absolute atomic E-state index is 0. The number of carbonyl (C=O) groups is 1. The predicted octanol–water partition coefficient (Wildman–Crippen LogP) is 1.71. The fourth-order valence-electron chi connectivity index (χ4n) is 0.945. The summed E-state index contributed by atoms with van der Waals surface area (Å²) < 4.78 is 0. The van der Waals surface area contributed by atoms with Gasteiger partial charge in [-0.3, -0.25) is 5.41 Å². The second-order valence-electron chi connectivity index (χ2n) is 3.25. The summed E-state index contributed by atoms with van der Waals surface area (Å²) in [5, 5.41) is 19.0. The lowest BCUT2D eigenvalue weighted by Crippen LogP contribution is -2.28. The summed E-state index contributed by atoms with van der Waals surface area (Å²) in [4.78, 5) is 12.2. The zero-order chi connectivity index (χ0) is 11.4. The molecule has 1 rings (SSSR count). The van der Waals surface area contributed by atoms with Crippen LogP contribution in [0.3, 0.4) is 0 Å². The SMILES string of the molecule is CN(C)C(=N)Nc1ccc(C(=O)O)cc1.Cl. The summed E-state index contributed by atoms with van der Waals surface area (Å²) in [5.74, 6) is -0.706. The van der Waals surface area contributed by atoms with Gasteiger partial charge in [0.2, 0.25) is 0 Å². The molecule has 0 bridgehead atoms. The molecule has 0 aliphatic carbocycles. The van der Waals surface area contributed by atoms with Crippen molar-refractivity contribution in [3.8, 4) is 0 Å². The Balaban J connectivity index is 0.00000225. The van der Waals surface area contributed by atoms with E-state index in [9.17, 15) is 4.79 Å². The van der Waals surface area contributed by atoms with Crippen molar-refractivity contribution in [2.75, 3.05) is 19.4 Å². The Kier molecular flexibility index (Phi) is 5.32. The van der Waals surface area contributed by atoms with Crippen LogP contribution in [0.25, 0.3) is 0 Å². The number of rotatable bonds is 2. The number of guanidine groups is 1. The predicted molar refractivity (Wildman–Crippen MR) is 65.7 cm³/mol. The molecule has 16 heavy (non-hydrogen) atoms. The Morgan fingerprint density at radius 1 is 1.31 bits per heavy atom. The Morgan fingerprint density at radius 2 is 1.81 bits per heavy atom. The first kappa shape index (κ1) is 14.2. The highest BCUT2D eigenvalue weighted by molar-refractivity contribution is 5.92. The van der Waals surface area contributed by atoms with Crippen LogP contribution in [-0.2, 0) is 0 Å². The van der Waals surface area contributed by atoms with Crippen LogP contribution in [0.15, 0.2) is 24.3 Å². The molecule has 5 nitrogen and oxygen atoms in total. The Hall–Kier alpha value is -1.75. The number of nitrogens with zero attached hydrogens (tertiary/aromatic N) is 1. The molecule has 1 aromatic rings. The number of carboxylic acids is 1. The molecule has 0 saturated heterocycles. The monoisotopic (exact) mass is 243 g/mol. The van der Waals surface area contributed by atoms with Gasteiger partial charge in [-0.1, -0.05) is 0 Å². The van der Waals surface area contributed by atoms with E-state index in [1.165, 1.54) is 12.1 Å². The van der Waals surface area contributed by atoms with Gasteiger partial charge in [0.25, 0.3) is 0 Å². The van der Waals surface area contributed by atoms with Crippen LogP contribution in [0, 0.1) is 5.41 Å². The maximum atomic E-state index is 10.6. The van der Waals surface area contributed by atoms with E-state index in [0.717, 1.165) is 0 Å². The molecule has 0 radical (unpaired) electrons. The number of hydrogen-bond donors (Lipinski definition) is 3. The van der Waals surface area contributed by atoms with Crippen molar-refractivity contribution in [3.63, 3.8) is 0 Å². The molecule has 6 heteroatoms. The topological polar surface area (TPSA) is 76.4 Å². The summed E-state index contributed by atoms with van der Waals surface area (Å²) in [6.45, 7) is 0. The molecule has 3 N–H and O–H groups in total. The molecule has 0 aliphatic rings. The molecule has 1 aromatic carbocycles. The lowest BCUT2D eigenvalue weighted by atomic mass is 10.2. The molecule has 0 aromatic heterocycles. The van der Waals surface area contributed by atoms with Gasteiger partial charge in [-0.2, -0.15) is 0 Å². The minimum Gasteiger partial charge on any atom is -0.478 e. The number of anilines is 1. The van der Waals surface area contributed by atoms with Gasteiger partial charge < -0.3 is 15.3 Å². The fourth-order valence-corrected chi connectivity index (χ4v) is 0.945. The lowest BCUT2D eigenvalue weighted by molar-refractivity contribution is 0.0697. The van der Waals surface area contributed by atoms with Crippen molar-refractivity contribution in [2.45, 2.75) is 0 Å². The van der Waals surface area contributed by atoms with Crippen LogP contribution in [0.5, 0.6) is 0 Å². The molecule has 88 valence electrons. The highest BCUT2D eigenvalue weighted by Crippen LogP contribution is 2.09.